The lowest BCUT2D eigenvalue weighted by Gasteiger charge is -2.42. The van der Waals surface area contributed by atoms with E-state index in [0.717, 1.165) is 5.02 Å². The molecule has 1 saturated carbocycles. The Balaban J connectivity index is 2.03. The van der Waals surface area contributed by atoms with Crippen molar-refractivity contribution >= 4 is 17.6 Å². The maximum Gasteiger partial charge on any atom is 0.325 e. The fourth-order valence-electron chi connectivity index (χ4n) is 2.16. The van der Waals surface area contributed by atoms with Gasteiger partial charge in [0.25, 0.3) is 0 Å². The summed E-state index contributed by atoms with van der Waals surface area (Å²) in [4.78, 5) is 11.4. The normalized spacial score (nSPS) is 28.3. The summed E-state index contributed by atoms with van der Waals surface area (Å²) in [5, 5.41) is 0.718. The minimum atomic E-state index is -0.793. The number of ether oxygens (including phenoxy) is 1. The Morgan fingerprint density at radius 3 is 2.50 bits per heavy atom. The quantitative estimate of drug-likeness (QED) is 0.804. The molecule has 0 aliphatic heterocycles. The first-order chi connectivity index (χ1) is 7.55. The second-order valence-corrected chi connectivity index (χ2v) is 4.74. The smallest absolute Gasteiger partial charge is 0.325 e. The van der Waals surface area contributed by atoms with Crippen LogP contribution in [-0.2, 0) is 9.53 Å². The average molecular weight is 240 g/mol. The van der Waals surface area contributed by atoms with Crippen LogP contribution in [0.5, 0.6) is 0 Å². The minimum Gasteiger partial charge on any atom is -0.468 e. The van der Waals surface area contributed by atoms with E-state index in [0.29, 0.717) is 18.8 Å². The maximum atomic E-state index is 11.4. The van der Waals surface area contributed by atoms with Crippen LogP contribution in [0.25, 0.3) is 0 Å². The predicted octanol–water partition coefficient (Wildman–Crippen LogP) is 2.09. The van der Waals surface area contributed by atoms with E-state index in [1.54, 1.807) is 0 Å². The van der Waals surface area contributed by atoms with Gasteiger partial charge in [-0.1, -0.05) is 23.7 Å². The molecule has 0 atom stereocenters. The highest BCUT2D eigenvalue weighted by Crippen LogP contribution is 2.43. The van der Waals surface area contributed by atoms with E-state index in [2.05, 4.69) is 4.74 Å². The van der Waals surface area contributed by atoms with Crippen LogP contribution in [0.4, 0.5) is 0 Å². The van der Waals surface area contributed by atoms with Gasteiger partial charge >= 0.3 is 5.97 Å². The Morgan fingerprint density at radius 1 is 1.44 bits per heavy atom. The van der Waals surface area contributed by atoms with Gasteiger partial charge in [-0.05, 0) is 36.5 Å². The van der Waals surface area contributed by atoms with E-state index in [9.17, 15) is 4.79 Å². The van der Waals surface area contributed by atoms with Crippen molar-refractivity contribution in [3.63, 3.8) is 0 Å². The molecule has 1 aliphatic rings. The van der Waals surface area contributed by atoms with E-state index in [-0.39, 0.29) is 5.97 Å². The maximum absolute atomic E-state index is 11.4. The molecule has 16 heavy (non-hydrogen) atoms. The summed E-state index contributed by atoms with van der Waals surface area (Å²) in [5.41, 5.74) is 6.30. The average Bonchev–Trinajstić information content (AvgIpc) is 2.25. The van der Waals surface area contributed by atoms with Crippen molar-refractivity contribution in [1.82, 2.24) is 0 Å². The molecule has 0 unspecified atom stereocenters. The lowest BCUT2D eigenvalue weighted by Crippen LogP contribution is -2.57. The van der Waals surface area contributed by atoms with Crippen molar-refractivity contribution in [3.05, 3.63) is 34.9 Å². The number of carbonyl (C=O) groups is 1. The highest BCUT2D eigenvalue weighted by atomic mass is 35.5. The zero-order valence-corrected chi connectivity index (χ0v) is 9.83. The zero-order chi connectivity index (χ0) is 11.8. The van der Waals surface area contributed by atoms with Gasteiger partial charge in [-0.2, -0.15) is 0 Å². The molecule has 4 heteroatoms. The molecule has 2 N–H and O–H groups in total. The summed E-state index contributed by atoms with van der Waals surface area (Å²) in [7, 11) is 1.37. The molecule has 1 aromatic rings. The van der Waals surface area contributed by atoms with Gasteiger partial charge < -0.3 is 10.5 Å². The van der Waals surface area contributed by atoms with Gasteiger partial charge in [-0.15, -0.1) is 0 Å². The van der Waals surface area contributed by atoms with E-state index in [4.69, 9.17) is 17.3 Å². The van der Waals surface area contributed by atoms with E-state index in [1.165, 1.54) is 12.7 Å². The monoisotopic (exact) mass is 239 g/mol. The van der Waals surface area contributed by atoms with Crippen LogP contribution >= 0.6 is 11.6 Å². The van der Waals surface area contributed by atoms with Gasteiger partial charge in [-0.3, -0.25) is 4.79 Å². The van der Waals surface area contributed by atoms with E-state index >= 15 is 0 Å². The molecule has 0 radical (unpaired) electrons. The van der Waals surface area contributed by atoms with Crippen molar-refractivity contribution in [2.75, 3.05) is 7.11 Å². The zero-order valence-electron chi connectivity index (χ0n) is 9.07. The number of halogens is 1. The fraction of sp³-hybridized carbons (Fsp3) is 0.417. The molecule has 3 nitrogen and oxygen atoms in total. The summed E-state index contributed by atoms with van der Waals surface area (Å²) in [6.07, 6.45) is 1.28. The number of esters is 1. The Bertz CT molecular complexity index is 396. The first-order valence-corrected chi connectivity index (χ1v) is 5.56. The summed E-state index contributed by atoms with van der Waals surface area (Å²) in [5.74, 6) is 0.0130. The molecule has 0 saturated heterocycles. The molecule has 0 bridgehead atoms. The number of rotatable bonds is 2. The third kappa shape index (κ3) is 1.93. The lowest BCUT2D eigenvalue weighted by atomic mass is 9.66. The predicted molar refractivity (Wildman–Crippen MR) is 62.4 cm³/mol. The number of hydrogen-bond donors (Lipinski definition) is 1. The topological polar surface area (TPSA) is 52.3 Å². The van der Waals surface area contributed by atoms with Crippen LogP contribution in [0, 0.1) is 0 Å². The number of carbonyl (C=O) groups excluding carboxylic acids is 1. The summed E-state index contributed by atoms with van der Waals surface area (Å²) in [6.45, 7) is 0. The van der Waals surface area contributed by atoms with E-state index < -0.39 is 5.54 Å². The van der Waals surface area contributed by atoms with Crippen LogP contribution in [-0.4, -0.2) is 18.6 Å². The molecule has 1 fully saturated rings. The summed E-state index contributed by atoms with van der Waals surface area (Å²) >= 11 is 5.81. The van der Waals surface area contributed by atoms with Gasteiger partial charge in [0.1, 0.15) is 5.54 Å². The summed E-state index contributed by atoms with van der Waals surface area (Å²) in [6, 6.07) is 7.66. The van der Waals surface area contributed by atoms with Crippen LogP contribution in [0.3, 0.4) is 0 Å². The molecule has 0 aromatic heterocycles. The van der Waals surface area contributed by atoms with Crippen LogP contribution in [0.15, 0.2) is 24.3 Å². The van der Waals surface area contributed by atoms with E-state index in [1.807, 2.05) is 24.3 Å². The van der Waals surface area contributed by atoms with Crippen LogP contribution in [0.2, 0.25) is 5.02 Å². The molecule has 0 amide bonds. The number of benzene rings is 1. The highest BCUT2D eigenvalue weighted by molar-refractivity contribution is 6.30. The van der Waals surface area contributed by atoms with Gasteiger partial charge in [0.15, 0.2) is 0 Å². The molecule has 0 heterocycles. The lowest BCUT2D eigenvalue weighted by molar-refractivity contribution is -0.151. The van der Waals surface area contributed by atoms with Gasteiger partial charge in [0.2, 0.25) is 0 Å². The number of nitrogens with two attached hydrogens (primary N) is 1. The Kier molecular flexibility index (Phi) is 2.91. The van der Waals surface area contributed by atoms with Crippen molar-refractivity contribution in [2.24, 2.45) is 5.73 Å². The molecule has 2 rings (SSSR count). The number of methoxy groups -OCH3 is 1. The second kappa shape index (κ2) is 4.07. The first-order valence-electron chi connectivity index (χ1n) is 5.18. The third-order valence-corrected chi connectivity index (χ3v) is 3.41. The molecular formula is C12H14ClNO2. The van der Waals surface area contributed by atoms with Gasteiger partial charge in [0, 0.05) is 5.02 Å². The Labute approximate surface area is 99.5 Å². The SMILES string of the molecule is COC(=O)C1(N)CC(c2ccc(Cl)cc2)C1. The van der Waals surface area contributed by atoms with Crippen molar-refractivity contribution < 1.29 is 9.53 Å². The molecular weight excluding hydrogens is 226 g/mol. The highest BCUT2D eigenvalue weighted by Gasteiger charge is 2.48. The minimum absolute atomic E-state index is 0.322. The van der Waals surface area contributed by atoms with Gasteiger partial charge in [-0.25, -0.2) is 0 Å². The summed E-state index contributed by atoms with van der Waals surface area (Å²) < 4.78 is 4.68. The first kappa shape index (κ1) is 11.4. The molecule has 1 aliphatic carbocycles. The standard InChI is InChI=1S/C12H14ClNO2/c1-16-11(15)12(14)6-9(7-12)8-2-4-10(13)5-3-8/h2-5,9H,6-7,14H2,1H3. The van der Waals surface area contributed by atoms with Crippen molar-refractivity contribution in [1.29, 1.82) is 0 Å². The second-order valence-electron chi connectivity index (χ2n) is 4.30. The number of hydrogen-bond acceptors (Lipinski definition) is 3. The largest absolute Gasteiger partial charge is 0.468 e. The van der Waals surface area contributed by atoms with Gasteiger partial charge in [0.05, 0.1) is 7.11 Å². The molecule has 86 valence electrons. The molecule has 0 spiro atoms. The third-order valence-electron chi connectivity index (χ3n) is 3.15. The van der Waals surface area contributed by atoms with Crippen LogP contribution < -0.4 is 5.73 Å². The molecule has 1 aromatic carbocycles. The van der Waals surface area contributed by atoms with Crippen molar-refractivity contribution in [2.45, 2.75) is 24.3 Å². The Morgan fingerprint density at radius 2 is 2.00 bits per heavy atom. The fourth-order valence-corrected chi connectivity index (χ4v) is 2.29. The van der Waals surface area contributed by atoms with Crippen LogP contribution in [0.1, 0.15) is 24.3 Å². The Hall–Kier alpha value is -1.06. The van der Waals surface area contributed by atoms with Crippen molar-refractivity contribution in [3.8, 4) is 0 Å².